The topological polar surface area (TPSA) is 96.3 Å². The first kappa shape index (κ1) is 19.5. The maximum Gasteiger partial charge on any atom is 0.363 e. The van der Waals surface area contributed by atoms with E-state index in [1.165, 1.54) is 18.2 Å². The number of imide groups is 1. The zero-order chi connectivity index (χ0) is 21.3. The van der Waals surface area contributed by atoms with Gasteiger partial charge in [0, 0.05) is 37.1 Å². The van der Waals surface area contributed by atoms with Gasteiger partial charge in [0.2, 0.25) is 0 Å². The maximum atomic E-state index is 12.8. The molecule has 0 unspecified atom stereocenters. The lowest BCUT2D eigenvalue weighted by molar-refractivity contribution is -0.172. The van der Waals surface area contributed by atoms with Crippen molar-refractivity contribution in [2.75, 3.05) is 11.4 Å². The molecule has 3 amide bonds. The quantitative estimate of drug-likeness (QED) is 0.726. The minimum atomic E-state index is -0.885. The summed E-state index contributed by atoms with van der Waals surface area (Å²) >= 11 is 0. The molecule has 0 spiro atoms. The van der Waals surface area contributed by atoms with E-state index in [1.54, 1.807) is 6.07 Å². The van der Waals surface area contributed by atoms with E-state index in [1.807, 2.05) is 36.1 Å². The van der Waals surface area contributed by atoms with Crippen molar-refractivity contribution in [1.29, 1.82) is 0 Å². The van der Waals surface area contributed by atoms with Crippen molar-refractivity contribution in [2.24, 2.45) is 4.99 Å². The number of hydrogen-bond donors (Lipinski definition) is 0. The normalized spacial score (nSPS) is 16.9. The number of anilines is 1. The number of amides is 3. The lowest BCUT2D eigenvalue weighted by Gasteiger charge is -2.17. The molecular weight excluding hydrogens is 386 g/mol. The molecule has 0 aromatic heterocycles. The Kier molecular flexibility index (Phi) is 5.14. The molecule has 2 aliphatic rings. The number of fused-ring (bicyclic) bond motifs is 1. The fraction of sp³-hybridized carbons (Fsp3) is 0.227. The highest BCUT2D eigenvalue weighted by atomic mass is 16.7. The maximum absolute atomic E-state index is 12.8. The number of nitrogens with zero attached hydrogens (tertiary/aromatic N) is 3. The predicted molar refractivity (Wildman–Crippen MR) is 108 cm³/mol. The summed E-state index contributed by atoms with van der Waals surface area (Å²) in [6.07, 6.45) is 0.577. The van der Waals surface area contributed by atoms with Gasteiger partial charge in [0.05, 0.1) is 5.56 Å². The van der Waals surface area contributed by atoms with Gasteiger partial charge in [-0.2, -0.15) is 4.99 Å². The van der Waals surface area contributed by atoms with E-state index in [4.69, 9.17) is 4.84 Å². The Bertz CT molecular complexity index is 1080. The summed E-state index contributed by atoms with van der Waals surface area (Å²) < 4.78 is 0. The summed E-state index contributed by atoms with van der Waals surface area (Å²) in [7, 11) is 0. The largest absolute Gasteiger partial charge is 0.363 e. The van der Waals surface area contributed by atoms with Crippen LogP contribution in [-0.2, 0) is 20.8 Å². The molecule has 0 radical (unpaired) electrons. The van der Waals surface area contributed by atoms with E-state index < -0.39 is 23.7 Å². The van der Waals surface area contributed by atoms with Crippen molar-refractivity contribution in [3.63, 3.8) is 0 Å². The van der Waals surface area contributed by atoms with Crippen molar-refractivity contribution in [1.82, 2.24) is 5.06 Å². The van der Waals surface area contributed by atoms with Crippen molar-refractivity contribution < 1.29 is 24.0 Å². The molecule has 152 valence electrons. The van der Waals surface area contributed by atoms with E-state index in [-0.39, 0.29) is 24.0 Å². The first-order chi connectivity index (χ1) is 14.5. The van der Waals surface area contributed by atoms with Crippen molar-refractivity contribution in [2.45, 2.75) is 26.2 Å². The van der Waals surface area contributed by atoms with Gasteiger partial charge < -0.3 is 9.74 Å². The van der Waals surface area contributed by atoms with Gasteiger partial charge in [-0.3, -0.25) is 14.4 Å². The highest BCUT2D eigenvalue weighted by molar-refractivity contribution is 6.12. The molecule has 0 bridgehead atoms. The monoisotopic (exact) mass is 405 g/mol. The number of carbonyl (C=O) groups excluding carboxylic acids is 4. The lowest BCUT2D eigenvalue weighted by Crippen LogP contribution is -2.32. The van der Waals surface area contributed by atoms with Gasteiger partial charge in [0.15, 0.2) is 0 Å². The molecular formula is C22H19N3O5. The van der Waals surface area contributed by atoms with E-state index in [9.17, 15) is 19.2 Å². The lowest BCUT2D eigenvalue weighted by atomic mass is 10.1. The SMILES string of the molecule is CCN1C(=NC(=O)c2cccc(C(=O)ON3C(=O)CCC3=O)c2)Cc2ccccc21. The molecule has 0 atom stereocenters. The van der Waals surface area contributed by atoms with Crippen LogP contribution in [0.2, 0.25) is 0 Å². The fourth-order valence-corrected chi connectivity index (χ4v) is 3.54. The van der Waals surface area contributed by atoms with Gasteiger partial charge in [0.25, 0.3) is 17.7 Å². The van der Waals surface area contributed by atoms with Gasteiger partial charge in [-0.25, -0.2) is 4.79 Å². The van der Waals surface area contributed by atoms with Crippen LogP contribution in [0.3, 0.4) is 0 Å². The smallest absolute Gasteiger partial charge is 0.329 e. The molecule has 0 saturated carbocycles. The Balaban J connectivity index is 1.53. The molecule has 8 nitrogen and oxygen atoms in total. The van der Waals surface area contributed by atoms with Crippen LogP contribution in [0.15, 0.2) is 53.5 Å². The number of benzene rings is 2. The van der Waals surface area contributed by atoms with Crippen molar-refractivity contribution in [3.8, 4) is 0 Å². The Morgan fingerprint density at radius 1 is 1.00 bits per heavy atom. The zero-order valence-electron chi connectivity index (χ0n) is 16.3. The molecule has 2 aliphatic heterocycles. The van der Waals surface area contributed by atoms with Crippen LogP contribution in [0.1, 0.15) is 46.0 Å². The van der Waals surface area contributed by atoms with Crippen LogP contribution >= 0.6 is 0 Å². The van der Waals surface area contributed by atoms with Crippen LogP contribution in [0.5, 0.6) is 0 Å². The summed E-state index contributed by atoms with van der Waals surface area (Å²) in [5, 5.41) is 0.478. The molecule has 0 N–H and O–H groups in total. The van der Waals surface area contributed by atoms with Crippen molar-refractivity contribution in [3.05, 3.63) is 65.2 Å². The molecule has 30 heavy (non-hydrogen) atoms. The first-order valence-electron chi connectivity index (χ1n) is 9.63. The number of para-hydroxylation sites is 1. The molecule has 2 aromatic rings. The van der Waals surface area contributed by atoms with Gasteiger partial charge in [-0.05, 0) is 36.8 Å². The molecule has 2 heterocycles. The molecule has 1 fully saturated rings. The van der Waals surface area contributed by atoms with Crippen LogP contribution < -0.4 is 4.90 Å². The summed E-state index contributed by atoms with van der Waals surface area (Å²) in [5.74, 6) is -1.85. The first-order valence-corrected chi connectivity index (χ1v) is 9.63. The zero-order valence-corrected chi connectivity index (χ0v) is 16.3. The number of carbonyl (C=O) groups is 4. The number of amidine groups is 1. The van der Waals surface area contributed by atoms with Crippen LogP contribution in [0.4, 0.5) is 5.69 Å². The Labute approximate surface area is 172 Å². The number of hydrogen-bond acceptors (Lipinski definition) is 5. The van der Waals surface area contributed by atoms with E-state index >= 15 is 0 Å². The van der Waals surface area contributed by atoms with E-state index in [0.717, 1.165) is 11.3 Å². The Hall–Kier alpha value is -3.81. The third-order valence-electron chi connectivity index (χ3n) is 5.01. The number of likely N-dealkylation sites (N-methyl/N-ethyl adjacent to an activating group) is 1. The second-order valence-electron chi connectivity index (χ2n) is 6.92. The average Bonchev–Trinajstić information content (AvgIpc) is 3.27. The average molecular weight is 405 g/mol. The van der Waals surface area contributed by atoms with Gasteiger partial charge in [0.1, 0.15) is 5.84 Å². The molecule has 2 aromatic carbocycles. The van der Waals surface area contributed by atoms with Crippen LogP contribution in [-0.4, -0.2) is 41.1 Å². The summed E-state index contributed by atoms with van der Waals surface area (Å²) in [5.41, 5.74) is 2.39. The number of rotatable bonds is 4. The molecule has 4 rings (SSSR count). The van der Waals surface area contributed by atoms with Gasteiger partial charge in [-0.15, -0.1) is 5.06 Å². The molecule has 8 heteroatoms. The van der Waals surface area contributed by atoms with E-state index in [0.29, 0.717) is 23.9 Å². The third-order valence-corrected chi connectivity index (χ3v) is 5.01. The second kappa shape index (κ2) is 7.90. The number of hydroxylamine groups is 2. The van der Waals surface area contributed by atoms with Crippen molar-refractivity contribution >= 4 is 35.2 Å². The van der Waals surface area contributed by atoms with Crippen LogP contribution in [0, 0.1) is 0 Å². The summed E-state index contributed by atoms with van der Waals surface area (Å²) in [6, 6.07) is 13.7. The standard InChI is InChI=1S/C22H19N3O5/c1-2-24-17-9-4-3-6-14(17)13-18(24)23-21(28)15-7-5-8-16(12-15)22(29)30-25-19(26)10-11-20(25)27/h3-9,12H,2,10-11,13H2,1H3. The van der Waals surface area contributed by atoms with Gasteiger partial charge >= 0.3 is 5.97 Å². The Morgan fingerprint density at radius 3 is 2.43 bits per heavy atom. The minimum absolute atomic E-state index is 0.0123. The van der Waals surface area contributed by atoms with Gasteiger partial charge in [-0.1, -0.05) is 24.3 Å². The predicted octanol–water partition coefficient (Wildman–Crippen LogP) is 2.53. The highest BCUT2D eigenvalue weighted by Gasteiger charge is 2.33. The summed E-state index contributed by atoms with van der Waals surface area (Å²) in [4.78, 5) is 59.5. The Morgan fingerprint density at radius 2 is 1.70 bits per heavy atom. The second-order valence-corrected chi connectivity index (χ2v) is 6.92. The van der Waals surface area contributed by atoms with E-state index in [2.05, 4.69) is 4.99 Å². The van der Waals surface area contributed by atoms with Crippen LogP contribution in [0.25, 0.3) is 0 Å². The number of aliphatic imine (C=N–C) groups is 1. The fourth-order valence-electron chi connectivity index (χ4n) is 3.54. The minimum Gasteiger partial charge on any atom is -0.329 e. The highest BCUT2D eigenvalue weighted by Crippen LogP contribution is 2.29. The molecule has 1 saturated heterocycles. The third kappa shape index (κ3) is 3.59. The summed E-state index contributed by atoms with van der Waals surface area (Å²) in [6.45, 7) is 2.66. The molecule has 0 aliphatic carbocycles.